The highest BCUT2D eigenvalue weighted by Crippen LogP contribution is 2.23. The van der Waals surface area contributed by atoms with Crippen LogP contribution in [0.2, 0.25) is 0 Å². The van der Waals surface area contributed by atoms with Crippen molar-refractivity contribution in [2.24, 2.45) is 0 Å². The van der Waals surface area contributed by atoms with Crippen LogP contribution in [0.15, 0.2) is 24.3 Å². The minimum absolute atomic E-state index is 0.243. The highest BCUT2D eigenvalue weighted by atomic mass is 16.7. The van der Waals surface area contributed by atoms with E-state index in [1.807, 2.05) is 0 Å². The van der Waals surface area contributed by atoms with E-state index in [4.69, 9.17) is 9.47 Å². The molecule has 0 aromatic rings. The second-order valence-corrected chi connectivity index (χ2v) is 18.6. The molecule has 372 valence electrons. The molecule has 0 aromatic heterocycles. The number of allylic oxidation sites excluding steroid dienone is 4. The Morgan fingerprint density at radius 1 is 0.556 bits per heavy atom. The fourth-order valence-electron chi connectivity index (χ4n) is 8.43. The van der Waals surface area contributed by atoms with E-state index in [1.54, 1.807) is 0 Å². The first kappa shape index (κ1) is 59.6. The Balaban J connectivity index is 2.36. The zero-order chi connectivity index (χ0) is 46.2. The molecule has 0 aliphatic carbocycles. The van der Waals surface area contributed by atoms with Gasteiger partial charge in [-0.25, -0.2) is 0 Å². The Kier molecular flexibility index (Phi) is 39.7. The predicted octanol–water partition coefficient (Wildman–Crippen LogP) is 9.79. The number of aliphatic hydroxyl groups is 7. The van der Waals surface area contributed by atoms with Gasteiger partial charge in [-0.1, -0.05) is 218 Å². The number of unbranched alkanes of at least 4 members (excludes halogenated alkanes) is 29. The summed E-state index contributed by atoms with van der Waals surface area (Å²) in [6, 6.07) is -1.17. The molecule has 9 atom stereocenters. The van der Waals surface area contributed by atoms with Gasteiger partial charge < -0.3 is 50.5 Å². The first-order valence-electron chi connectivity index (χ1n) is 26.3. The maximum atomic E-state index is 13.1. The molecule has 1 aliphatic heterocycles. The zero-order valence-electron chi connectivity index (χ0n) is 40.3. The number of nitrogens with one attached hydrogen (secondary N) is 1. The number of ether oxygens (including phenoxy) is 2. The van der Waals surface area contributed by atoms with Crippen LogP contribution < -0.4 is 5.32 Å². The Hall–Kier alpha value is -1.41. The normalized spacial score (nSPS) is 21.3. The number of hydrogen-bond acceptors (Lipinski definition) is 10. The molecule has 1 fully saturated rings. The van der Waals surface area contributed by atoms with Gasteiger partial charge in [-0.15, -0.1) is 0 Å². The van der Waals surface area contributed by atoms with Crippen LogP contribution in [0.25, 0.3) is 0 Å². The number of aliphatic hydroxyl groups excluding tert-OH is 7. The molecule has 1 saturated heterocycles. The Bertz CT molecular complexity index is 1080. The predicted molar refractivity (Wildman–Crippen MR) is 256 cm³/mol. The molecule has 0 spiro atoms. The van der Waals surface area contributed by atoms with Gasteiger partial charge in [0.1, 0.15) is 36.6 Å². The van der Waals surface area contributed by atoms with Crippen LogP contribution in [0.5, 0.6) is 0 Å². The minimum Gasteiger partial charge on any atom is -0.394 e. The van der Waals surface area contributed by atoms with E-state index in [0.717, 1.165) is 57.8 Å². The second-order valence-electron chi connectivity index (χ2n) is 18.6. The Labute approximate surface area is 384 Å². The highest BCUT2D eigenvalue weighted by molar-refractivity contribution is 5.80. The monoisotopic (exact) mass is 898 g/mol. The summed E-state index contributed by atoms with van der Waals surface area (Å²) in [6.45, 7) is 3.42. The van der Waals surface area contributed by atoms with E-state index in [0.29, 0.717) is 19.3 Å². The standard InChI is InChI=1S/C52H99NO10/c1-3-5-7-9-11-13-15-17-19-20-21-22-23-24-25-26-28-29-31-33-35-37-39-44(55)47(57)43(42-62-52-50(60)49(59)48(58)46(41-54)63-52)53-51(61)45(56)40-38-36-34-32-30-27-18-16-14-12-10-8-6-4-2/h12,14,16,18,43-50,52,54-60H,3-11,13,15,17,19-42H2,1-2H3,(H,53,61)/b14-12-,18-16-. The van der Waals surface area contributed by atoms with Crippen molar-refractivity contribution in [3.8, 4) is 0 Å². The summed E-state index contributed by atoms with van der Waals surface area (Å²) in [4.78, 5) is 13.1. The summed E-state index contributed by atoms with van der Waals surface area (Å²) >= 11 is 0. The van der Waals surface area contributed by atoms with Crippen LogP contribution >= 0.6 is 0 Å². The number of amides is 1. The third-order valence-electron chi connectivity index (χ3n) is 12.8. The van der Waals surface area contributed by atoms with Gasteiger partial charge in [0.05, 0.1) is 25.4 Å². The molecule has 8 N–H and O–H groups in total. The van der Waals surface area contributed by atoms with Crippen LogP contribution in [0.3, 0.4) is 0 Å². The molecular weight excluding hydrogens is 799 g/mol. The summed E-state index contributed by atoms with van der Waals surface area (Å²) < 4.78 is 11.1. The fraction of sp³-hybridized carbons (Fsp3) is 0.904. The lowest BCUT2D eigenvalue weighted by molar-refractivity contribution is -0.303. The van der Waals surface area contributed by atoms with Crippen molar-refractivity contribution in [2.75, 3.05) is 13.2 Å². The van der Waals surface area contributed by atoms with Gasteiger partial charge in [0.15, 0.2) is 6.29 Å². The van der Waals surface area contributed by atoms with Crippen LogP contribution in [0.1, 0.15) is 232 Å². The quantitative estimate of drug-likeness (QED) is 0.0216. The molecule has 1 rings (SSSR count). The first-order valence-corrected chi connectivity index (χ1v) is 26.3. The summed E-state index contributed by atoms with van der Waals surface area (Å²) in [6.07, 6.45) is 36.5. The fourth-order valence-corrected chi connectivity index (χ4v) is 8.43. The van der Waals surface area contributed by atoms with Gasteiger partial charge in [0.2, 0.25) is 5.91 Å². The first-order chi connectivity index (χ1) is 30.7. The molecule has 0 radical (unpaired) electrons. The van der Waals surface area contributed by atoms with Crippen molar-refractivity contribution in [3.63, 3.8) is 0 Å². The van der Waals surface area contributed by atoms with Gasteiger partial charge in [-0.05, 0) is 38.5 Å². The van der Waals surface area contributed by atoms with Gasteiger partial charge in [0.25, 0.3) is 0 Å². The van der Waals surface area contributed by atoms with E-state index < -0.39 is 74.2 Å². The number of carbonyl (C=O) groups is 1. The molecule has 0 bridgehead atoms. The lowest BCUT2D eigenvalue weighted by Crippen LogP contribution is -2.60. The van der Waals surface area contributed by atoms with E-state index in [-0.39, 0.29) is 6.42 Å². The van der Waals surface area contributed by atoms with Crippen molar-refractivity contribution in [2.45, 2.75) is 287 Å². The molecule has 0 saturated carbocycles. The third kappa shape index (κ3) is 31.2. The maximum Gasteiger partial charge on any atom is 0.249 e. The average molecular weight is 898 g/mol. The second kappa shape index (κ2) is 42.0. The van der Waals surface area contributed by atoms with Gasteiger partial charge in [-0.2, -0.15) is 0 Å². The Morgan fingerprint density at radius 2 is 0.952 bits per heavy atom. The maximum absolute atomic E-state index is 13.1. The van der Waals surface area contributed by atoms with Crippen molar-refractivity contribution in [1.82, 2.24) is 5.32 Å². The lowest BCUT2D eigenvalue weighted by atomic mass is 9.98. The highest BCUT2D eigenvalue weighted by Gasteiger charge is 2.44. The molecule has 0 aromatic carbocycles. The summed E-state index contributed by atoms with van der Waals surface area (Å²) in [5.74, 6) is -0.708. The van der Waals surface area contributed by atoms with Gasteiger partial charge in [0, 0.05) is 0 Å². The summed E-state index contributed by atoms with van der Waals surface area (Å²) in [5.41, 5.74) is 0. The number of hydrogen-bond donors (Lipinski definition) is 8. The molecule has 1 aliphatic rings. The summed E-state index contributed by atoms with van der Waals surface area (Å²) in [5, 5.41) is 75.9. The molecule has 1 amide bonds. The number of carbonyl (C=O) groups excluding carboxylic acids is 1. The molecule has 9 unspecified atom stereocenters. The minimum atomic E-state index is -1.66. The van der Waals surface area contributed by atoms with Crippen LogP contribution in [-0.2, 0) is 14.3 Å². The molecule has 11 heteroatoms. The van der Waals surface area contributed by atoms with Gasteiger partial charge >= 0.3 is 0 Å². The number of rotatable bonds is 44. The van der Waals surface area contributed by atoms with Crippen molar-refractivity contribution in [3.05, 3.63) is 24.3 Å². The molecule has 11 nitrogen and oxygen atoms in total. The third-order valence-corrected chi connectivity index (χ3v) is 12.8. The molecule has 1 heterocycles. The molecular formula is C52H99NO10. The van der Waals surface area contributed by atoms with Crippen molar-refractivity contribution in [1.29, 1.82) is 0 Å². The molecule has 63 heavy (non-hydrogen) atoms. The largest absolute Gasteiger partial charge is 0.394 e. The average Bonchev–Trinajstić information content (AvgIpc) is 3.28. The van der Waals surface area contributed by atoms with E-state index in [9.17, 15) is 40.5 Å². The van der Waals surface area contributed by atoms with Crippen LogP contribution in [0, 0.1) is 0 Å². The zero-order valence-corrected chi connectivity index (χ0v) is 40.3. The van der Waals surface area contributed by atoms with Crippen LogP contribution in [0.4, 0.5) is 0 Å². The van der Waals surface area contributed by atoms with Crippen molar-refractivity contribution < 1.29 is 50.0 Å². The van der Waals surface area contributed by atoms with E-state index >= 15 is 0 Å². The van der Waals surface area contributed by atoms with E-state index in [1.165, 1.54) is 135 Å². The topological polar surface area (TPSA) is 189 Å². The van der Waals surface area contributed by atoms with E-state index in [2.05, 4.69) is 43.5 Å². The van der Waals surface area contributed by atoms with Crippen molar-refractivity contribution >= 4 is 5.91 Å². The van der Waals surface area contributed by atoms with Crippen LogP contribution in [-0.4, -0.2) is 110 Å². The Morgan fingerprint density at radius 3 is 1.41 bits per heavy atom. The summed E-state index contributed by atoms with van der Waals surface area (Å²) in [7, 11) is 0. The smallest absolute Gasteiger partial charge is 0.249 e. The lowest BCUT2D eigenvalue weighted by Gasteiger charge is -2.40. The van der Waals surface area contributed by atoms with Gasteiger partial charge in [-0.3, -0.25) is 4.79 Å². The SMILES string of the molecule is CCCCC/C=C\C=C/CCCCCCCC(O)C(=O)NC(COC1OC(CO)C(O)C(O)C1O)C(O)C(O)CCCCCCCCCCCCCCCCCCCCCCCC.